The third-order valence-electron chi connectivity index (χ3n) is 5.65. The first-order valence-corrected chi connectivity index (χ1v) is 11.6. The third kappa shape index (κ3) is 5.70. The van der Waals surface area contributed by atoms with Crippen molar-refractivity contribution in [1.29, 1.82) is 0 Å². The average Bonchev–Trinajstić information content (AvgIpc) is 2.84. The normalized spacial score (nSPS) is 14.2. The van der Waals surface area contributed by atoms with Crippen molar-refractivity contribution in [2.45, 2.75) is 25.3 Å². The smallest absolute Gasteiger partial charge is 0.461 e. The third-order valence-corrected chi connectivity index (χ3v) is 6.44. The number of aromatic nitrogens is 2. The molecule has 0 bridgehead atoms. The Kier molecular flexibility index (Phi) is 7.80. The fourth-order valence-corrected chi connectivity index (χ4v) is 4.16. The van der Waals surface area contributed by atoms with Gasteiger partial charge >= 0.3 is 7.12 Å². The van der Waals surface area contributed by atoms with Gasteiger partial charge in [0.25, 0.3) is 0 Å². The van der Waals surface area contributed by atoms with E-state index in [2.05, 4.69) is 15.3 Å². The minimum Gasteiger partial charge on any atom is -0.493 e. The van der Waals surface area contributed by atoms with Gasteiger partial charge in [-0.2, -0.15) is 0 Å². The summed E-state index contributed by atoms with van der Waals surface area (Å²) in [6.07, 6.45) is 1.92. The second kappa shape index (κ2) is 10.8. The number of methoxy groups -OCH3 is 1. The van der Waals surface area contributed by atoms with E-state index in [1.54, 1.807) is 17.0 Å². The molecule has 1 amide bonds. The van der Waals surface area contributed by atoms with Gasteiger partial charge in [-0.3, -0.25) is 4.79 Å². The fraction of sp³-hybridized carbons (Fsp3) is 0.318. The molecule has 0 unspecified atom stereocenters. The van der Waals surface area contributed by atoms with E-state index in [1.165, 1.54) is 25.6 Å². The van der Waals surface area contributed by atoms with Crippen LogP contribution < -0.4 is 14.8 Å². The highest BCUT2D eigenvalue weighted by molar-refractivity contribution is 6.46. The SMILES string of the molecule is COc1cc2ncnc(Nc3ccc(Cl)c(Cl)c3F)c2cc1OC1CCN(C(=O)CB(O)O)CC1. The highest BCUT2D eigenvalue weighted by atomic mass is 35.5. The van der Waals surface area contributed by atoms with E-state index in [1.807, 2.05) is 0 Å². The van der Waals surface area contributed by atoms with Crippen molar-refractivity contribution >= 4 is 58.6 Å². The molecule has 3 aromatic rings. The van der Waals surface area contributed by atoms with E-state index in [4.69, 9.17) is 42.7 Å². The Morgan fingerprint density at radius 3 is 2.66 bits per heavy atom. The average molecular weight is 523 g/mol. The summed E-state index contributed by atoms with van der Waals surface area (Å²) < 4.78 is 26.3. The molecule has 1 aliphatic rings. The van der Waals surface area contributed by atoms with Gasteiger partial charge < -0.3 is 29.7 Å². The summed E-state index contributed by atoms with van der Waals surface area (Å²) in [5.74, 6) is 0.227. The van der Waals surface area contributed by atoms with Crippen molar-refractivity contribution in [3.63, 3.8) is 0 Å². The van der Waals surface area contributed by atoms with Gasteiger partial charge in [0.15, 0.2) is 17.3 Å². The van der Waals surface area contributed by atoms with Crippen LogP contribution in [0.3, 0.4) is 0 Å². The molecule has 2 aromatic carbocycles. The first-order valence-electron chi connectivity index (χ1n) is 10.8. The Hall–Kier alpha value is -2.86. The summed E-state index contributed by atoms with van der Waals surface area (Å²) >= 11 is 11.8. The van der Waals surface area contributed by atoms with Crippen molar-refractivity contribution in [2.75, 3.05) is 25.5 Å². The molecule has 0 atom stereocenters. The lowest BCUT2D eigenvalue weighted by molar-refractivity contribution is -0.130. The molecule has 2 heterocycles. The molecule has 184 valence electrons. The minimum absolute atomic E-state index is 0.0997. The van der Waals surface area contributed by atoms with Crippen LogP contribution in [0.15, 0.2) is 30.6 Å². The van der Waals surface area contributed by atoms with E-state index in [-0.39, 0.29) is 34.1 Å². The van der Waals surface area contributed by atoms with Crippen LogP contribution in [-0.4, -0.2) is 64.2 Å². The summed E-state index contributed by atoms with van der Waals surface area (Å²) in [6.45, 7) is 0.858. The Morgan fingerprint density at radius 1 is 1.23 bits per heavy atom. The molecular formula is C22H22BCl2FN4O5. The van der Waals surface area contributed by atoms with E-state index >= 15 is 0 Å². The second-order valence-corrected chi connectivity index (χ2v) is 8.76. The second-order valence-electron chi connectivity index (χ2n) is 7.97. The molecule has 3 N–H and O–H groups in total. The molecule has 0 saturated carbocycles. The lowest BCUT2D eigenvalue weighted by atomic mass is 9.85. The largest absolute Gasteiger partial charge is 0.493 e. The molecule has 1 fully saturated rings. The predicted octanol–water partition coefficient (Wildman–Crippen LogP) is 3.67. The number of anilines is 2. The molecule has 9 nitrogen and oxygen atoms in total. The zero-order valence-electron chi connectivity index (χ0n) is 18.7. The van der Waals surface area contributed by atoms with Crippen molar-refractivity contribution in [1.82, 2.24) is 14.9 Å². The number of hydrogen-bond acceptors (Lipinski definition) is 8. The van der Waals surface area contributed by atoms with Gasteiger partial charge in [0.05, 0.1) is 34.7 Å². The number of piperidine rings is 1. The molecule has 13 heteroatoms. The van der Waals surface area contributed by atoms with Crippen LogP contribution in [0.1, 0.15) is 12.8 Å². The summed E-state index contributed by atoms with van der Waals surface area (Å²) in [4.78, 5) is 22.2. The number of halogens is 3. The van der Waals surface area contributed by atoms with Crippen molar-refractivity contribution in [3.05, 3.63) is 46.5 Å². The van der Waals surface area contributed by atoms with E-state index in [0.29, 0.717) is 54.2 Å². The fourth-order valence-electron chi connectivity index (χ4n) is 3.85. The minimum atomic E-state index is -1.67. The van der Waals surface area contributed by atoms with Gasteiger partial charge in [0, 0.05) is 37.4 Å². The zero-order valence-corrected chi connectivity index (χ0v) is 20.2. The standard InChI is InChI=1S/C22H22BCl2FN4O5/c1-34-17-9-16-13(22(28-11-27-16)29-15-3-2-14(24)20(25)21(15)26)8-18(17)35-12-4-6-30(7-5-12)19(31)10-23(32)33/h2-3,8-9,11-12,32-33H,4-7,10H2,1H3,(H,27,28,29). The molecule has 0 aliphatic carbocycles. The van der Waals surface area contributed by atoms with Crippen LogP contribution in [-0.2, 0) is 4.79 Å². The van der Waals surface area contributed by atoms with Gasteiger partial charge in [-0.05, 0) is 18.2 Å². The Morgan fingerprint density at radius 2 is 1.97 bits per heavy atom. The Labute approximate surface area is 210 Å². The van der Waals surface area contributed by atoms with Crippen molar-refractivity contribution in [2.24, 2.45) is 0 Å². The van der Waals surface area contributed by atoms with Crippen LogP contribution >= 0.6 is 23.2 Å². The van der Waals surface area contributed by atoms with Crippen molar-refractivity contribution < 1.29 is 28.7 Å². The number of hydrogen-bond donors (Lipinski definition) is 3. The first-order chi connectivity index (χ1) is 16.8. The summed E-state index contributed by atoms with van der Waals surface area (Å²) in [6, 6.07) is 6.35. The number of amides is 1. The molecule has 35 heavy (non-hydrogen) atoms. The van der Waals surface area contributed by atoms with Gasteiger partial charge in [0.1, 0.15) is 18.2 Å². The lowest BCUT2D eigenvalue weighted by Crippen LogP contribution is -2.43. The van der Waals surface area contributed by atoms with E-state index in [9.17, 15) is 9.18 Å². The number of ether oxygens (including phenoxy) is 2. The zero-order chi connectivity index (χ0) is 25.1. The maximum Gasteiger partial charge on any atom is 0.461 e. The molecule has 1 aliphatic heterocycles. The van der Waals surface area contributed by atoms with Gasteiger partial charge in [-0.15, -0.1) is 0 Å². The molecule has 1 aromatic heterocycles. The number of likely N-dealkylation sites (tertiary alicyclic amines) is 1. The summed E-state index contributed by atoms with van der Waals surface area (Å²) in [5, 5.41) is 21.5. The van der Waals surface area contributed by atoms with Crippen LogP contribution in [0.5, 0.6) is 11.5 Å². The maximum atomic E-state index is 14.6. The maximum absolute atomic E-state index is 14.6. The quantitative estimate of drug-likeness (QED) is 0.318. The summed E-state index contributed by atoms with van der Waals surface area (Å²) in [5.41, 5.74) is 0.651. The van der Waals surface area contributed by atoms with E-state index < -0.39 is 12.9 Å². The molecular weight excluding hydrogens is 501 g/mol. The van der Waals surface area contributed by atoms with Crippen LogP contribution in [0.25, 0.3) is 10.9 Å². The number of carbonyl (C=O) groups excluding carboxylic acids is 1. The first kappa shape index (κ1) is 25.2. The highest BCUT2D eigenvalue weighted by Gasteiger charge is 2.27. The predicted molar refractivity (Wildman–Crippen MR) is 131 cm³/mol. The van der Waals surface area contributed by atoms with Crippen LogP contribution in [0.2, 0.25) is 16.4 Å². The Balaban J connectivity index is 1.56. The van der Waals surface area contributed by atoms with Crippen molar-refractivity contribution in [3.8, 4) is 11.5 Å². The highest BCUT2D eigenvalue weighted by Crippen LogP contribution is 2.37. The van der Waals surface area contributed by atoms with Gasteiger partial charge in [-0.25, -0.2) is 14.4 Å². The number of benzene rings is 2. The van der Waals surface area contributed by atoms with Gasteiger partial charge in [0.2, 0.25) is 5.91 Å². The lowest BCUT2D eigenvalue weighted by Gasteiger charge is -2.32. The van der Waals surface area contributed by atoms with Crippen LogP contribution in [0.4, 0.5) is 15.9 Å². The van der Waals surface area contributed by atoms with Gasteiger partial charge in [-0.1, -0.05) is 23.2 Å². The Bertz CT molecular complexity index is 1240. The van der Waals surface area contributed by atoms with Crippen LogP contribution in [0, 0.1) is 5.82 Å². The molecule has 0 radical (unpaired) electrons. The number of fused-ring (bicyclic) bond motifs is 1. The topological polar surface area (TPSA) is 117 Å². The molecule has 1 saturated heterocycles. The number of carbonyl (C=O) groups is 1. The summed E-state index contributed by atoms with van der Waals surface area (Å²) in [7, 11) is -0.151. The number of nitrogens with zero attached hydrogens (tertiary/aromatic N) is 3. The monoisotopic (exact) mass is 522 g/mol. The molecule has 4 rings (SSSR count). The van der Waals surface area contributed by atoms with E-state index in [0.717, 1.165) is 0 Å². The number of nitrogens with one attached hydrogen (secondary N) is 1. The number of rotatable bonds is 7. The molecule has 0 spiro atoms.